The first kappa shape index (κ1) is 15.2. The predicted octanol–water partition coefficient (Wildman–Crippen LogP) is 2.76. The first-order valence-corrected chi connectivity index (χ1v) is 7.07. The van der Waals surface area contributed by atoms with E-state index in [2.05, 4.69) is 31.5 Å². The van der Waals surface area contributed by atoms with Gasteiger partial charge in [-0.3, -0.25) is 9.59 Å². The number of anilines is 1. The third kappa shape index (κ3) is 3.46. The molecular weight excluding hydrogens is 334 g/mol. The molecule has 2 amide bonds. The zero-order valence-electron chi connectivity index (χ0n) is 11.6. The Morgan fingerprint density at radius 3 is 2.62 bits per heavy atom. The summed E-state index contributed by atoms with van der Waals surface area (Å²) >= 11 is 3.24. The van der Waals surface area contributed by atoms with Crippen LogP contribution in [0.1, 0.15) is 26.3 Å². The number of benzene rings is 1. The highest BCUT2D eigenvalue weighted by Gasteiger charge is 2.13. The SMILES string of the molecule is CNC(=O)c1ccc(C)c(NC(=O)c2cccnc2Br)c1. The Kier molecular flexibility index (Phi) is 4.70. The summed E-state index contributed by atoms with van der Waals surface area (Å²) in [5.41, 5.74) is 2.39. The third-order valence-corrected chi connectivity index (χ3v) is 3.61. The standard InChI is InChI=1S/C15H14BrN3O2/c1-9-5-6-10(14(20)17-2)8-12(9)19-15(21)11-4-3-7-18-13(11)16/h3-8H,1-2H3,(H,17,20)(H,19,21). The summed E-state index contributed by atoms with van der Waals surface area (Å²) in [4.78, 5) is 27.9. The van der Waals surface area contributed by atoms with Gasteiger partial charge in [-0.1, -0.05) is 6.07 Å². The van der Waals surface area contributed by atoms with Gasteiger partial charge in [0.15, 0.2) is 0 Å². The van der Waals surface area contributed by atoms with E-state index in [0.29, 0.717) is 21.4 Å². The molecule has 1 aromatic carbocycles. The maximum atomic E-state index is 12.3. The number of halogens is 1. The minimum Gasteiger partial charge on any atom is -0.355 e. The van der Waals surface area contributed by atoms with Gasteiger partial charge in [-0.05, 0) is 52.7 Å². The summed E-state index contributed by atoms with van der Waals surface area (Å²) in [5, 5.41) is 5.35. The number of amides is 2. The molecule has 0 aliphatic carbocycles. The molecule has 0 bridgehead atoms. The smallest absolute Gasteiger partial charge is 0.258 e. The fourth-order valence-electron chi connectivity index (χ4n) is 1.79. The molecule has 0 aliphatic heterocycles. The Labute approximate surface area is 130 Å². The minimum absolute atomic E-state index is 0.201. The second-order valence-corrected chi connectivity index (χ2v) is 5.16. The van der Waals surface area contributed by atoms with Crippen molar-refractivity contribution in [2.24, 2.45) is 0 Å². The predicted molar refractivity (Wildman–Crippen MR) is 84.5 cm³/mol. The Hall–Kier alpha value is -2.21. The van der Waals surface area contributed by atoms with Crippen molar-refractivity contribution in [2.75, 3.05) is 12.4 Å². The van der Waals surface area contributed by atoms with E-state index in [9.17, 15) is 9.59 Å². The lowest BCUT2D eigenvalue weighted by Crippen LogP contribution is -2.19. The molecule has 108 valence electrons. The van der Waals surface area contributed by atoms with Gasteiger partial charge in [-0.25, -0.2) is 4.98 Å². The summed E-state index contributed by atoms with van der Waals surface area (Å²) < 4.78 is 0.475. The highest BCUT2D eigenvalue weighted by Crippen LogP contribution is 2.20. The Bertz CT molecular complexity index is 701. The second-order valence-electron chi connectivity index (χ2n) is 4.40. The molecular formula is C15H14BrN3O2. The minimum atomic E-state index is -0.285. The van der Waals surface area contributed by atoms with Crippen LogP contribution in [-0.2, 0) is 0 Å². The van der Waals surface area contributed by atoms with E-state index in [-0.39, 0.29) is 11.8 Å². The van der Waals surface area contributed by atoms with Crippen LogP contribution >= 0.6 is 15.9 Å². The number of nitrogens with zero attached hydrogens (tertiary/aromatic N) is 1. The van der Waals surface area contributed by atoms with E-state index in [1.54, 1.807) is 43.6 Å². The van der Waals surface area contributed by atoms with Crippen molar-refractivity contribution < 1.29 is 9.59 Å². The van der Waals surface area contributed by atoms with Crippen LogP contribution in [0, 0.1) is 6.92 Å². The van der Waals surface area contributed by atoms with Crippen LogP contribution in [0.25, 0.3) is 0 Å². The van der Waals surface area contributed by atoms with E-state index in [1.165, 1.54) is 0 Å². The summed E-state index contributed by atoms with van der Waals surface area (Å²) in [6, 6.07) is 8.51. The van der Waals surface area contributed by atoms with E-state index in [0.717, 1.165) is 5.56 Å². The molecule has 0 fully saturated rings. The molecule has 21 heavy (non-hydrogen) atoms. The zero-order valence-corrected chi connectivity index (χ0v) is 13.2. The van der Waals surface area contributed by atoms with Crippen LogP contribution < -0.4 is 10.6 Å². The van der Waals surface area contributed by atoms with Gasteiger partial charge in [0.1, 0.15) is 4.60 Å². The molecule has 6 heteroatoms. The maximum absolute atomic E-state index is 12.3. The molecule has 1 heterocycles. The van der Waals surface area contributed by atoms with Crippen molar-refractivity contribution in [3.63, 3.8) is 0 Å². The van der Waals surface area contributed by atoms with Crippen LogP contribution in [-0.4, -0.2) is 23.8 Å². The van der Waals surface area contributed by atoms with Crippen molar-refractivity contribution in [3.05, 3.63) is 57.8 Å². The lowest BCUT2D eigenvalue weighted by Gasteiger charge is -2.10. The number of carbonyl (C=O) groups excluding carboxylic acids is 2. The monoisotopic (exact) mass is 347 g/mol. The molecule has 2 rings (SSSR count). The molecule has 0 unspecified atom stereocenters. The van der Waals surface area contributed by atoms with Crippen LogP contribution in [0.5, 0.6) is 0 Å². The van der Waals surface area contributed by atoms with Crippen molar-refractivity contribution in [1.29, 1.82) is 0 Å². The number of nitrogens with one attached hydrogen (secondary N) is 2. The van der Waals surface area contributed by atoms with E-state index in [4.69, 9.17) is 0 Å². The molecule has 0 aliphatic rings. The summed E-state index contributed by atoms with van der Waals surface area (Å²) in [6.07, 6.45) is 1.60. The molecule has 2 aromatic rings. The Balaban J connectivity index is 2.29. The number of hydrogen-bond donors (Lipinski definition) is 2. The van der Waals surface area contributed by atoms with Crippen LogP contribution in [0.3, 0.4) is 0 Å². The van der Waals surface area contributed by atoms with E-state index >= 15 is 0 Å². The first-order valence-electron chi connectivity index (χ1n) is 6.27. The third-order valence-electron chi connectivity index (χ3n) is 2.98. The lowest BCUT2D eigenvalue weighted by atomic mass is 10.1. The fraction of sp³-hybridized carbons (Fsp3) is 0.133. The molecule has 0 saturated carbocycles. The van der Waals surface area contributed by atoms with E-state index in [1.807, 2.05) is 6.92 Å². The number of rotatable bonds is 3. The average Bonchev–Trinajstić information content (AvgIpc) is 2.49. The van der Waals surface area contributed by atoms with Crippen molar-refractivity contribution >= 4 is 33.4 Å². The quantitative estimate of drug-likeness (QED) is 0.838. The molecule has 0 spiro atoms. The average molecular weight is 348 g/mol. The summed E-state index contributed by atoms with van der Waals surface area (Å²) in [5.74, 6) is -0.486. The molecule has 5 nitrogen and oxygen atoms in total. The summed E-state index contributed by atoms with van der Waals surface area (Å²) in [6.45, 7) is 1.86. The van der Waals surface area contributed by atoms with Crippen molar-refractivity contribution in [2.45, 2.75) is 6.92 Å². The molecule has 1 aromatic heterocycles. The Morgan fingerprint density at radius 1 is 1.19 bits per heavy atom. The number of aromatic nitrogens is 1. The lowest BCUT2D eigenvalue weighted by molar-refractivity contribution is 0.0961. The fourth-order valence-corrected chi connectivity index (χ4v) is 2.22. The van der Waals surface area contributed by atoms with Crippen LogP contribution in [0.15, 0.2) is 41.1 Å². The highest BCUT2D eigenvalue weighted by molar-refractivity contribution is 9.10. The number of carbonyl (C=O) groups is 2. The number of hydrogen-bond acceptors (Lipinski definition) is 3. The Morgan fingerprint density at radius 2 is 1.95 bits per heavy atom. The van der Waals surface area contributed by atoms with Gasteiger partial charge in [0.05, 0.1) is 5.56 Å². The largest absolute Gasteiger partial charge is 0.355 e. The first-order chi connectivity index (χ1) is 10.0. The van der Waals surface area contributed by atoms with Crippen LogP contribution in [0.4, 0.5) is 5.69 Å². The normalized spacial score (nSPS) is 10.0. The van der Waals surface area contributed by atoms with Gasteiger partial charge < -0.3 is 10.6 Å². The molecule has 0 atom stereocenters. The van der Waals surface area contributed by atoms with Gasteiger partial charge in [-0.15, -0.1) is 0 Å². The van der Waals surface area contributed by atoms with Gasteiger partial charge in [0.25, 0.3) is 11.8 Å². The zero-order chi connectivity index (χ0) is 15.4. The number of aryl methyl sites for hydroxylation is 1. The highest BCUT2D eigenvalue weighted by atomic mass is 79.9. The topological polar surface area (TPSA) is 71.1 Å². The van der Waals surface area contributed by atoms with Crippen molar-refractivity contribution in [3.8, 4) is 0 Å². The van der Waals surface area contributed by atoms with Crippen LogP contribution in [0.2, 0.25) is 0 Å². The molecule has 0 radical (unpaired) electrons. The molecule has 2 N–H and O–H groups in total. The second kappa shape index (κ2) is 6.49. The van der Waals surface area contributed by atoms with E-state index < -0.39 is 0 Å². The molecule has 0 saturated heterocycles. The van der Waals surface area contributed by atoms with Gasteiger partial charge in [-0.2, -0.15) is 0 Å². The van der Waals surface area contributed by atoms with Gasteiger partial charge >= 0.3 is 0 Å². The van der Waals surface area contributed by atoms with Crippen molar-refractivity contribution in [1.82, 2.24) is 10.3 Å². The van der Waals surface area contributed by atoms with Gasteiger partial charge in [0.2, 0.25) is 0 Å². The van der Waals surface area contributed by atoms with Gasteiger partial charge in [0, 0.05) is 24.5 Å². The number of pyridine rings is 1. The maximum Gasteiger partial charge on any atom is 0.258 e. The summed E-state index contributed by atoms with van der Waals surface area (Å²) in [7, 11) is 1.56.